The highest BCUT2D eigenvalue weighted by Gasteiger charge is 2.44. The first-order valence-electron chi connectivity index (χ1n) is 6.98. The first kappa shape index (κ1) is 16.0. The Labute approximate surface area is 134 Å². The monoisotopic (exact) mass is 334 g/mol. The van der Waals surface area contributed by atoms with Crippen LogP contribution in [0.4, 0.5) is 17.6 Å². The lowest BCUT2D eigenvalue weighted by Gasteiger charge is -2.20. The number of amides is 1. The molecule has 0 aliphatic carbocycles. The smallest absolute Gasteiger partial charge is 0.314 e. The quantitative estimate of drug-likeness (QED) is 0.777. The third-order valence-corrected chi connectivity index (χ3v) is 3.90. The van der Waals surface area contributed by atoms with Gasteiger partial charge < -0.3 is 4.90 Å². The molecule has 0 radical (unpaired) electrons. The number of fused-ring (bicyclic) bond motifs is 1. The maximum Gasteiger partial charge on any atom is 0.417 e. The largest absolute Gasteiger partial charge is 0.417 e. The van der Waals surface area contributed by atoms with Crippen LogP contribution in [-0.4, -0.2) is 10.8 Å². The molecule has 2 aromatic rings. The van der Waals surface area contributed by atoms with E-state index in [1.807, 2.05) is 6.07 Å². The molecule has 0 saturated carbocycles. The van der Waals surface area contributed by atoms with Crippen molar-refractivity contribution in [3.63, 3.8) is 0 Å². The lowest BCUT2D eigenvalue weighted by Crippen LogP contribution is -2.28. The van der Waals surface area contributed by atoms with Gasteiger partial charge in [0, 0.05) is 11.1 Å². The summed E-state index contributed by atoms with van der Waals surface area (Å²) in [6, 6.07) is 9.55. The van der Waals surface area contributed by atoms with E-state index in [1.54, 1.807) is 6.07 Å². The molecule has 1 aliphatic rings. The van der Waals surface area contributed by atoms with E-state index in [4.69, 9.17) is 0 Å². The highest BCUT2D eigenvalue weighted by Crippen LogP contribution is 2.41. The lowest BCUT2D eigenvalue weighted by molar-refractivity contribution is -0.137. The van der Waals surface area contributed by atoms with Crippen molar-refractivity contribution in [2.75, 3.05) is 0 Å². The second-order valence-electron chi connectivity index (χ2n) is 5.32. The van der Waals surface area contributed by atoms with E-state index in [1.165, 1.54) is 24.3 Å². The van der Waals surface area contributed by atoms with Crippen molar-refractivity contribution in [3.8, 4) is 6.07 Å². The highest BCUT2D eigenvalue weighted by atomic mass is 19.4. The third kappa shape index (κ3) is 2.50. The summed E-state index contributed by atoms with van der Waals surface area (Å²) in [6.45, 7) is -0.282. The Kier molecular flexibility index (Phi) is 3.76. The number of nitrogens with zero attached hydrogens (tertiary/aromatic N) is 2. The summed E-state index contributed by atoms with van der Waals surface area (Å²) in [4.78, 5) is 13.5. The molecule has 0 bridgehead atoms. The van der Waals surface area contributed by atoms with Crippen molar-refractivity contribution in [2.45, 2.75) is 18.8 Å². The van der Waals surface area contributed by atoms with Crippen LogP contribution in [0.15, 0.2) is 42.5 Å². The molecule has 0 spiro atoms. The first-order valence-corrected chi connectivity index (χ1v) is 6.98. The van der Waals surface area contributed by atoms with Crippen molar-refractivity contribution in [1.29, 1.82) is 5.26 Å². The van der Waals surface area contributed by atoms with E-state index in [0.717, 1.165) is 17.0 Å². The molecule has 1 unspecified atom stereocenters. The fourth-order valence-electron chi connectivity index (χ4n) is 2.81. The number of benzene rings is 2. The number of alkyl halides is 3. The maximum atomic E-state index is 13.8. The van der Waals surface area contributed by atoms with Gasteiger partial charge in [-0.3, -0.25) is 4.79 Å². The standard InChI is InChI=1S/C17H10F4N2O/c18-13-7-2-1-4-10(13)9-23-14(8-22)11-5-3-6-12(17(19,20)21)15(11)16(23)24/h1-7,14H,9H2. The summed E-state index contributed by atoms with van der Waals surface area (Å²) < 4.78 is 53.3. The Hall–Kier alpha value is -2.88. The molecule has 7 heteroatoms. The van der Waals surface area contributed by atoms with E-state index in [9.17, 15) is 27.6 Å². The third-order valence-electron chi connectivity index (χ3n) is 3.90. The van der Waals surface area contributed by atoms with Crippen LogP contribution in [0, 0.1) is 17.1 Å². The van der Waals surface area contributed by atoms with Gasteiger partial charge in [-0.2, -0.15) is 18.4 Å². The predicted octanol–water partition coefficient (Wildman–Crippen LogP) is 4.07. The van der Waals surface area contributed by atoms with Crippen LogP contribution in [0.2, 0.25) is 0 Å². The van der Waals surface area contributed by atoms with Gasteiger partial charge in [-0.25, -0.2) is 4.39 Å². The Morgan fingerprint density at radius 3 is 2.46 bits per heavy atom. The molecule has 1 amide bonds. The van der Waals surface area contributed by atoms with Crippen molar-refractivity contribution in [2.24, 2.45) is 0 Å². The summed E-state index contributed by atoms with van der Waals surface area (Å²) in [5.41, 5.74) is -1.49. The molecule has 122 valence electrons. The number of hydrogen-bond acceptors (Lipinski definition) is 2. The minimum absolute atomic E-state index is 0.00587. The van der Waals surface area contributed by atoms with Gasteiger partial charge in [0.1, 0.15) is 11.9 Å². The number of rotatable bonds is 2. The van der Waals surface area contributed by atoms with Crippen LogP contribution in [0.3, 0.4) is 0 Å². The van der Waals surface area contributed by atoms with E-state index < -0.39 is 35.1 Å². The molecule has 1 aliphatic heterocycles. The fourth-order valence-corrected chi connectivity index (χ4v) is 2.81. The molecular weight excluding hydrogens is 324 g/mol. The minimum Gasteiger partial charge on any atom is -0.314 e. The van der Waals surface area contributed by atoms with Crippen LogP contribution < -0.4 is 0 Å². The zero-order valence-corrected chi connectivity index (χ0v) is 12.1. The number of carbonyl (C=O) groups excluding carboxylic acids is 1. The molecule has 24 heavy (non-hydrogen) atoms. The molecule has 0 aromatic heterocycles. The topological polar surface area (TPSA) is 44.1 Å². The van der Waals surface area contributed by atoms with Gasteiger partial charge in [-0.15, -0.1) is 0 Å². The normalized spacial score (nSPS) is 16.9. The second-order valence-corrected chi connectivity index (χ2v) is 5.32. The summed E-state index contributed by atoms with van der Waals surface area (Å²) in [7, 11) is 0. The molecule has 1 atom stereocenters. The van der Waals surface area contributed by atoms with Crippen molar-refractivity contribution in [3.05, 3.63) is 70.5 Å². The van der Waals surface area contributed by atoms with Gasteiger partial charge in [-0.1, -0.05) is 30.3 Å². The molecule has 1 heterocycles. The van der Waals surface area contributed by atoms with Gasteiger partial charge in [0.25, 0.3) is 5.91 Å². The molecular formula is C17H10F4N2O. The average molecular weight is 334 g/mol. The number of halogens is 4. The van der Waals surface area contributed by atoms with Crippen LogP contribution >= 0.6 is 0 Å². The average Bonchev–Trinajstić information content (AvgIpc) is 2.81. The fraction of sp³-hybridized carbons (Fsp3) is 0.176. The summed E-state index contributed by atoms with van der Waals surface area (Å²) in [6.07, 6.45) is -4.71. The Morgan fingerprint density at radius 2 is 1.83 bits per heavy atom. The van der Waals surface area contributed by atoms with Gasteiger partial charge in [0.15, 0.2) is 0 Å². The van der Waals surface area contributed by atoms with Gasteiger partial charge in [0.2, 0.25) is 0 Å². The number of carbonyl (C=O) groups is 1. The van der Waals surface area contributed by atoms with E-state index >= 15 is 0 Å². The predicted molar refractivity (Wildman–Crippen MR) is 76.1 cm³/mol. The zero-order chi connectivity index (χ0) is 17.5. The van der Waals surface area contributed by atoms with Crippen LogP contribution in [0.1, 0.15) is 33.1 Å². The molecule has 0 N–H and O–H groups in total. The molecule has 0 fully saturated rings. The maximum absolute atomic E-state index is 13.8. The Balaban J connectivity index is 2.07. The highest BCUT2D eigenvalue weighted by molar-refractivity contribution is 6.01. The second kappa shape index (κ2) is 5.64. The SMILES string of the molecule is N#CC1c2cccc(C(F)(F)F)c2C(=O)N1Cc1ccccc1F. The van der Waals surface area contributed by atoms with Crippen LogP contribution in [-0.2, 0) is 12.7 Å². The summed E-state index contributed by atoms with van der Waals surface area (Å²) in [5, 5.41) is 9.32. The number of nitriles is 1. The molecule has 3 nitrogen and oxygen atoms in total. The first-order chi connectivity index (χ1) is 11.3. The molecule has 0 saturated heterocycles. The van der Waals surface area contributed by atoms with Crippen LogP contribution in [0.5, 0.6) is 0 Å². The minimum atomic E-state index is -4.71. The van der Waals surface area contributed by atoms with Crippen molar-refractivity contribution < 1.29 is 22.4 Å². The van der Waals surface area contributed by atoms with Crippen molar-refractivity contribution >= 4 is 5.91 Å². The summed E-state index contributed by atoms with van der Waals surface area (Å²) in [5.74, 6) is -1.51. The Morgan fingerprint density at radius 1 is 1.12 bits per heavy atom. The lowest BCUT2D eigenvalue weighted by atomic mass is 10.00. The molecule has 3 rings (SSSR count). The van der Waals surface area contributed by atoms with E-state index in [2.05, 4.69) is 0 Å². The van der Waals surface area contributed by atoms with Gasteiger partial charge in [0.05, 0.1) is 23.7 Å². The number of hydrogen-bond donors (Lipinski definition) is 0. The van der Waals surface area contributed by atoms with Crippen molar-refractivity contribution in [1.82, 2.24) is 4.90 Å². The van der Waals surface area contributed by atoms with E-state index in [-0.39, 0.29) is 17.7 Å². The van der Waals surface area contributed by atoms with Crippen LogP contribution in [0.25, 0.3) is 0 Å². The zero-order valence-electron chi connectivity index (χ0n) is 12.1. The molecule has 2 aromatic carbocycles. The van der Waals surface area contributed by atoms with Gasteiger partial charge >= 0.3 is 6.18 Å². The summed E-state index contributed by atoms with van der Waals surface area (Å²) >= 11 is 0. The van der Waals surface area contributed by atoms with E-state index in [0.29, 0.717) is 0 Å². The van der Waals surface area contributed by atoms with Gasteiger partial charge in [-0.05, 0) is 12.1 Å². The Bertz CT molecular complexity index is 854.